The number of imidazole rings is 1. The normalized spacial score (nSPS) is 22.5. The molecule has 2 unspecified atom stereocenters. The minimum Gasteiger partial charge on any atom is -0.441 e. The molecular weight excluding hydrogens is 514 g/mol. The molecule has 0 radical (unpaired) electrons. The van der Waals surface area contributed by atoms with Gasteiger partial charge in [0.2, 0.25) is 0 Å². The van der Waals surface area contributed by atoms with E-state index in [1.807, 2.05) is 35.5 Å². The first-order valence-corrected chi connectivity index (χ1v) is 13.0. The van der Waals surface area contributed by atoms with E-state index in [4.69, 9.17) is 4.74 Å². The summed E-state index contributed by atoms with van der Waals surface area (Å²) in [5.74, 6) is 0.380. The van der Waals surface area contributed by atoms with Crippen molar-refractivity contribution in [2.45, 2.75) is 44.4 Å². The highest BCUT2D eigenvalue weighted by molar-refractivity contribution is 9.10. The van der Waals surface area contributed by atoms with Crippen LogP contribution in [0.25, 0.3) is 21.3 Å². The number of nitrogens with zero attached hydrogens (tertiary/aromatic N) is 5. The zero-order chi connectivity index (χ0) is 23.3. The first-order valence-electron chi connectivity index (χ1n) is 11.4. The average Bonchev–Trinajstić information content (AvgIpc) is 3.48. The summed E-state index contributed by atoms with van der Waals surface area (Å²) in [6, 6.07) is 11.8. The van der Waals surface area contributed by atoms with Crippen LogP contribution in [-0.2, 0) is 17.8 Å². The number of carbonyl (C=O) groups is 1. The highest BCUT2D eigenvalue weighted by Crippen LogP contribution is 2.42. The second-order valence-electron chi connectivity index (χ2n) is 9.28. The van der Waals surface area contributed by atoms with Crippen LogP contribution >= 0.6 is 27.3 Å². The lowest BCUT2D eigenvalue weighted by molar-refractivity contribution is 0.00415. The molecule has 1 saturated carbocycles. The number of hydrogen-bond acceptors (Lipinski definition) is 6. The summed E-state index contributed by atoms with van der Waals surface area (Å²) in [5, 5.41) is 10.3. The Bertz CT molecular complexity index is 1460. The van der Waals surface area contributed by atoms with Crippen molar-refractivity contribution in [1.82, 2.24) is 19.4 Å². The maximum Gasteiger partial charge on any atom is 0.410 e. The summed E-state index contributed by atoms with van der Waals surface area (Å²) in [4.78, 5) is 25.7. The van der Waals surface area contributed by atoms with Crippen molar-refractivity contribution in [3.63, 3.8) is 0 Å². The molecule has 3 aromatic heterocycles. The first kappa shape index (κ1) is 21.6. The molecule has 9 heteroatoms. The third kappa shape index (κ3) is 3.75. The Hall–Kier alpha value is -2.96. The first-order chi connectivity index (χ1) is 16.5. The number of amides is 1. The standard InChI is InChI=1S/C25H22BrN5O2S/c26-22-18-4-2-8-28-23(18)34-21(22)13-30-14-25(33-24(30)32)7-1-3-17(10-25)12-31-15-29-19-6-5-16(11-27)9-20(19)31/h2,4-6,8-9,15,17H,1,3,7,10,12-14H2. The largest absolute Gasteiger partial charge is 0.441 e. The van der Waals surface area contributed by atoms with Crippen LogP contribution in [0.4, 0.5) is 4.79 Å². The van der Waals surface area contributed by atoms with E-state index in [0.717, 1.165) is 62.8 Å². The minimum atomic E-state index is -0.435. The summed E-state index contributed by atoms with van der Waals surface area (Å²) in [6.45, 7) is 1.94. The molecule has 4 aromatic rings. The van der Waals surface area contributed by atoms with Gasteiger partial charge in [0.15, 0.2) is 0 Å². The van der Waals surface area contributed by atoms with Crippen molar-refractivity contribution >= 4 is 54.6 Å². The molecule has 2 aliphatic rings. The molecule has 0 N–H and O–H groups in total. The van der Waals surface area contributed by atoms with Gasteiger partial charge >= 0.3 is 6.09 Å². The fraction of sp³-hybridized carbons (Fsp3) is 0.360. The van der Waals surface area contributed by atoms with Gasteiger partial charge in [-0.25, -0.2) is 14.8 Å². The molecule has 1 amide bonds. The summed E-state index contributed by atoms with van der Waals surface area (Å²) in [5.41, 5.74) is 2.07. The van der Waals surface area contributed by atoms with Crippen molar-refractivity contribution in [3.8, 4) is 6.07 Å². The molecule has 172 valence electrons. The molecule has 34 heavy (non-hydrogen) atoms. The Morgan fingerprint density at radius 3 is 3.09 bits per heavy atom. The van der Waals surface area contributed by atoms with Crippen molar-refractivity contribution in [3.05, 3.63) is 57.8 Å². The molecule has 7 nitrogen and oxygen atoms in total. The van der Waals surface area contributed by atoms with Gasteiger partial charge in [0, 0.05) is 27.5 Å². The van der Waals surface area contributed by atoms with Gasteiger partial charge in [-0.05, 0) is 77.9 Å². The molecule has 2 fully saturated rings. The zero-order valence-electron chi connectivity index (χ0n) is 18.4. The monoisotopic (exact) mass is 535 g/mol. The Labute approximate surface area is 209 Å². The van der Waals surface area contributed by atoms with Crippen molar-refractivity contribution < 1.29 is 9.53 Å². The average molecular weight is 536 g/mol. The van der Waals surface area contributed by atoms with E-state index in [2.05, 4.69) is 36.5 Å². The summed E-state index contributed by atoms with van der Waals surface area (Å²) >= 11 is 5.32. The number of carbonyl (C=O) groups excluding carboxylic acids is 1. The molecule has 1 aliphatic heterocycles. The second kappa shape index (κ2) is 8.36. The predicted octanol–water partition coefficient (Wildman–Crippen LogP) is 5.86. The SMILES string of the molecule is N#Cc1ccc2ncn(CC3CCCC4(C3)CN(Cc3sc5ncccc5c3Br)C(=O)O4)c2c1. The molecule has 1 spiro atoms. The second-order valence-corrected chi connectivity index (χ2v) is 11.2. The molecular formula is C25H22BrN5O2S. The number of thiophene rings is 1. The number of benzene rings is 1. The number of halogens is 1. The van der Waals surface area contributed by atoms with Crippen LogP contribution < -0.4 is 0 Å². The van der Waals surface area contributed by atoms with Crippen LogP contribution in [0.1, 0.15) is 36.1 Å². The van der Waals surface area contributed by atoms with Crippen molar-refractivity contribution in [1.29, 1.82) is 5.26 Å². The van der Waals surface area contributed by atoms with Gasteiger partial charge in [0.1, 0.15) is 10.4 Å². The van der Waals surface area contributed by atoms with Crippen LogP contribution in [0, 0.1) is 17.2 Å². The number of nitriles is 1. The number of aromatic nitrogens is 3. The maximum atomic E-state index is 12.9. The Morgan fingerprint density at radius 2 is 2.24 bits per heavy atom. The number of fused-ring (bicyclic) bond motifs is 2. The summed E-state index contributed by atoms with van der Waals surface area (Å²) < 4.78 is 9.20. The summed E-state index contributed by atoms with van der Waals surface area (Å²) in [6.07, 6.45) is 7.26. The van der Waals surface area contributed by atoms with Crippen LogP contribution in [0.5, 0.6) is 0 Å². The van der Waals surface area contributed by atoms with E-state index in [1.54, 1.807) is 23.6 Å². The smallest absolute Gasteiger partial charge is 0.410 e. The van der Waals surface area contributed by atoms with Gasteiger partial charge in [-0.2, -0.15) is 5.26 Å². The topological polar surface area (TPSA) is 84.0 Å². The van der Waals surface area contributed by atoms with E-state index < -0.39 is 5.60 Å². The van der Waals surface area contributed by atoms with Crippen LogP contribution in [0.15, 0.2) is 47.3 Å². The maximum absolute atomic E-state index is 12.9. The quantitative estimate of drug-likeness (QED) is 0.326. The van der Waals surface area contributed by atoms with Crippen LogP contribution in [0.3, 0.4) is 0 Å². The number of pyridine rings is 1. The van der Waals surface area contributed by atoms with Gasteiger partial charge in [-0.3, -0.25) is 4.90 Å². The number of hydrogen-bond donors (Lipinski definition) is 0. The van der Waals surface area contributed by atoms with Crippen LogP contribution in [0.2, 0.25) is 0 Å². The molecule has 1 saturated heterocycles. The van der Waals surface area contributed by atoms with E-state index in [9.17, 15) is 10.1 Å². The molecule has 6 rings (SSSR count). The third-order valence-corrected chi connectivity index (χ3v) is 9.22. The molecule has 2 atom stereocenters. The van der Waals surface area contributed by atoms with Crippen LogP contribution in [-0.4, -0.2) is 37.7 Å². The highest BCUT2D eigenvalue weighted by atomic mass is 79.9. The third-order valence-electron chi connectivity index (χ3n) is 6.96. The highest BCUT2D eigenvalue weighted by Gasteiger charge is 2.48. The van der Waals surface area contributed by atoms with Gasteiger partial charge in [-0.15, -0.1) is 11.3 Å². The van der Waals surface area contributed by atoms with Gasteiger partial charge in [-0.1, -0.05) is 0 Å². The minimum absolute atomic E-state index is 0.232. The van der Waals surface area contributed by atoms with Crippen molar-refractivity contribution in [2.24, 2.45) is 5.92 Å². The van der Waals surface area contributed by atoms with E-state index >= 15 is 0 Å². The fourth-order valence-corrected chi connectivity index (χ4v) is 7.29. The lowest BCUT2D eigenvalue weighted by Gasteiger charge is -2.36. The Balaban J connectivity index is 1.19. The van der Waals surface area contributed by atoms with E-state index in [0.29, 0.717) is 24.6 Å². The summed E-state index contributed by atoms with van der Waals surface area (Å²) in [7, 11) is 0. The van der Waals surface area contributed by atoms with Crippen molar-refractivity contribution in [2.75, 3.05) is 6.54 Å². The van der Waals surface area contributed by atoms with E-state index in [-0.39, 0.29) is 6.09 Å². The van der Waals surface area contributed by atoms with Gasteiger partial charge in [0.05, 0.1) is 42.1 Å². The Kier molecular flexibility index (Phi) is 5.30. The molecule has 1 aliphatic carbocycles. The molecule has 0 bridgehead atoms. The lowest BCUT2D eigenvalue weighted by atomic mass is 9.78. The predicted molar refractivity (Wildman–Crippen MR) is 133 cm³/mol. The Morgan fingerprint density at radius 1 is 1.32 bits per heavy atom. The number of ether oxygens (including phenoxy) is 1. The molecule has 1 aromatic carbocycles. The van der Waals surface area contributed by atoms with E-state index in [1.165, 1.54) is 0 Å². The molecule has 4 heterocycles. The zero-order valence-corrected chi connectivity index (χ0v) is 20.8. The fourth-order valence-electron chi connectivity index (χ4n) is 5.43. The number of rotatable bonds is 4. The van der Waals surface area contributed by atoms with Gasteiger partial charge < -0.3 is 9.30 Å². The van der Waals surface area contributed by atoms with Gasteiger partial charge in [0.25, 0.3) is 0 Å². The lowest BCUT2D eigenvalue weighted by Crippen LogP contribution is -2.40.